The molecule has 1 atom stereocenters. The highest BCUT2D eigenvalue weighted by molar-refractivity contribution is 4.83. The third-order valence-electron chi connectivity index (χ3n) is 2.06. The van der Waals surface area contributed by atoms with Gasteiger partial charge in [-0.25, -0.2) is 0 Å². The lowest BCUT2D eigenvalue weighted by Gasteiger charge is -2.31. The molecule has 3 heteroatoms. The van der Waals surface area contributed by atoms with E-state index in [0.717, 1.165) is 19.4 Å². The minimum Gasteiger partial charge on any atom is -0.394 e. The molecule has 0 fully saturated rings. The smallest absolute Gasteiger partial charge is 0.0610 e. The fraction of sp³-hybridized carbons (Fsp3) is 1.00. The van der Waals surface area contributed by atoms with Gasteiger partial charge in [0.05, 0.1) is 6.61 Å². The van der Waals surface area contributed by atoms with Crippen LogP contribution in [0, 0.1) is 0 Å². The number of hydrogen-bond donors (Lipinski definition) is 2. The average molecular weight is 189 g/mol. The quantitative estimate of drug-likeness (QED) is 0.591. The normalized spacial score (nSPS) is 16.2. The maximum atomic E-state index is 9.23. The Labute approximate surface area is 81.5 Å². The van der Waals surface area contributed by atoms with Crippen LogP contribution >= 0.6 is 0 Å². The van der Waals surface area contributed by atoms with Crippen LogP contribution in [0.2, 0.25) is 0 Å². The van der Waals surface area contributed by atoms with E-state index in [4.69, 9.17) is 4.74 Å². The molecule has 0 aliphatic carbocycles. The molecule has 13 heavy (non-hydrogen) atoms. The van der Waals surface area contributed by atoms with Crippen molar-refractivity contribution in [2.24, 2.45) is 0 Å². The fourth-order valence-corrected chi connectivity index (χ4v) is 1.50. The van der Waals surface area contributed by atoms with E-state index in [1.807, 2.05) is 6.92 Å². The van der Waals surface area contributed by atoms with Gasteiger partial charge in [-0.05, 0) is 19.8 Å². The topological polar surface area (TPSA) is 41.5 Å². The molecule has 0 aromatic carbocycles. The molecular weight excluding hydrogens is 166 g/mol. The minimum absolute atomic E-state index is 0.160. The summed E-state index contributed by atoms with van der Waals surface area (Å²) in [7, 11) is 1.70. The van der Waals surface area contributed by atoms with E-state index in [9.17, 15) is 5.11 Å². The standard InChI is InChI=1S/C10H23NO2/c1-9(2)11-10(3,8-12)6-5-7-13-4/h9,11-12H,5-8H2,1-4H3. The maximum absolute atomic E-state index is 9.23. The van der Waals surface area contributed by atoms with Gasteiger partial charge in [0.1, 0.15) is 0 Å². The summed E-state index contributed by atoms with van der Waals surface area (Å²) in [4.78, 5) is 0. The summed E-state index contributed by atoms with van der Waals surface area (Å²) in [6, 6.07) is 0.402. The number of nitrogens with one attached hydrogen (secondary N) is 1. The van der Waals surface area contributed by atoms with Crippen LogP contribution < -0.4 is 5.32 Å². The van der Waals surface area contributed by atoms with Crippen molar-refractivity contribution in [1.82, 2.24) is 5.32 Å². The van der Waals surface area contributed by atoms with Crippen LogP contribution in [0.1, 0.15) is 33.6 Å². The molecular formula is C10H23NO2. The highest BCUT2D eigenvalue weighted by Crippen LogP contribution is 2.12. The van der Waals surface area contributed by atoms with Crippen molar-refractivity contribution in [1.29, 1.82) is 0 Å². The van der Waals surface area contributed by atoms with Gasteiger partial charge in [-0.15, -0.1) is 0 Å². The maximum Gasteiger partial charge on any atom is 0.0610 e. The minimum atomic E-state index is -0.160. The van der Waals surface area contributed by atoms with Gasteiger partial charge in [-0.3, -0.25) is 0 Å². The van der Waals surface area contributed by atoms with E-state index in [2.05, 4.69) is 19.2 Å². The highest BCUT2D eigenvalue weighted by Gasteiger charge is 2.22. The molecule has 0 saturated carbocycles. The fourth-order valence-electron chi connectivity index (χ4n) is 1.50. The van der Waals surface area contributed by atoms with Crippen LogP contribution in [0.25, 0.3) is 0 Å². The lowest BCUT2D eigenvalue weighted by molar-refractivity contribution is 0.133. The lowest BCUT2D eigenvalue weighted by Crippen LogP contribution is -2.49. The molecule has 2 N–H and O–H groups in total. The Morgan fingerprint density at radius 3 is 2.46 bits per heavy atom. The van der Waals surface area contributed by atoms with Crippen molar-refractivity contribution >= 4 is 0 Å². The first kappa shape index (κ1) is 12.9. The summed E-state index contributed by atoms with van der Waals surface area (Å²) in [5.74, 6) is 0. The number of hydrogen-bond acceptors (Lipinski definition) is 3. The summed E-state index contributed by atoms with van der Waals surface area (Å²) < 4.78 is 4.98. The molecule has 0 aliphatic rings. The number of aliphatic hydroxyl groups excluding tert-OH is 1. The molecule has 0 aromatic rings. The second-order valence-electron chi connectivity index (χ2n) is 4.11. The predicted molar refractivity (Wildman–Crippen MR) is 54.9 cm³/mol. The second kappa shape index (κ2) is 6.35. The molecule has 0 amide bonds. The molecule has 0 radical (unpaired) electrons. The van der Waals surface area contributed by atoms with Crippen molar-refractivity contribution < 1.29 is 9.84 Å². The number of rotatable bonds is 7. The molecule has 0 aliphatic heterocycles. The zero-order valence-electron chi connectivity index (χ0n) is 9.26. The largest absolute Gasteiger partial charge is 0.394 e. The summed E-state index contributed by atoms with van der Waals surface area (Å²) in [5, 5.41) is 12.6. The molecule has 1 unspecified atom stereocenters. The molecule has 0 heterocycles. The van der Waals surface area contributed by atoms with Crippen LogP contribution in [0.3, 0.4) is 0 Å². The van der Waals surface area contributed by atoms with Crippen LogP contribution in [-0.4, -0.2) is 37.0 Å². The molecule has 0 rings (SSSR count). The zero-order chi connectivity index (χ0) is 10.3. The SMILES string of the molecule is COCCCC(C)(CO)NC(C)C. The van der Waals surface area contributed by atoms with Crippen LogP contribution in [0.5, 0.6) is 0 Å². The third-order valence-corrected chi connectivity index (χ3v) is 2.06. The van der Waals surface area contributed by atoms with Crippen molar-refractivity contribution in [2.75, 3.05) is 20.3 Å². The first-order chi connectivity index (χ1) is 6.04. The Hall–Kier alpha value is -0.120. The van der Waals surface area contributed by atoms with E-state index in [1.165, 1.54) is 0 Å². The van der Waals surface area contributed by atoms with E-state index >= 15 is 0 Å². The van der Waals surface area contributed by atoms with Crippen molar-refractivity contribution in [3.8, 4) is 0 Å². The summed E-state index contributed by atoms with van der Waals surface area (Å²) in [6.45, 7) is 7.15. The Balaban J connectivity index is 3.81. The van der Waals surface area contributed by atoms with Crippen molar-refractivity contribution in [3.05, 3.63) is 0 Å². The number of methoxy groups -OCH3 is 1. The van der Waals surface area contributed by atoms with Gasteiger partial charge in [0, 0.05) is 25.3 Å². The monoisotopic (exact) mass is 189 g/mol. The molecule has 0 aromatic heterocycles. The van der Waals surface area contributed by atoms with Gasteiger partial charge in [0.15, 0.2) is 0 Å². The third kappa shape index (κ3) is 6.02. The van der Waals surface area contributed by atoms with Gasteiger partial charge < -0.3 is 15.2 Å². The molecule has 0 saturated heterocycles. The molecule has 0 spiro atoms. The van der Waals surface area contributed by atoms with Crippen molar-refractivity contribution in [2.45, 2.75) is 45.2 Å². The number of aliphatic hydroxyl groups is 1. The van der Waals surface area contributed by atoms with Gasteiger partial charge in [-0.1, -0.05) is 13.8 Å². The summed E-state index contributed by atoms with van der Waals surface area (Å²) >= 11 is 0. The molecule has 80 valence electrons. The second-order valence-corrected chi connectivity index (χ2v) is 4.11. The van der Waals surface area contributed by atoms with Gasteiger partial charge in [0.2, 0.25) is 0 Å². The highest BCUT2D eigenvalue weighted by atomic mass is 16.5. The molecule has 0 bridgehead atoms. The first-order valence-electron chi connectivity index (χ1n) is 4.91. The van der Waals surface area contributed by atoms with E-state index in [-0.39, 0.29) is 12.1 Å². The van der Waals surface area contributed by atoms with Crippen LogP contribution in [0.15, 0.2) is 0 Å². The van der Waals surface area contributed by atoms with Crippen molar-refractivity contribution in [3.63, 3.8) is 0 Å². The predicted octanol–water partition coefficient (Wildman–Crippen LogP) is 1.16. The Bertz CT molecular complexity index is 128. The Kier molecular flexibility index (Phi) is 6.29. The number of ether oxygens (including phenoxy) is 1. The lowest BCUT2D eigenvalue weighted by atomic mass is 9.96. The average Bonchev–Trinajstić information content (AvgIpc) is 2.04. The van der Waals surface area contributed by atoms with E-state index in [0.29, 0.717) is 6.04 Å². The first-order valence-corrected chi connectivity index (χ1v) is 4.91. The zero-order valence-corrected chi connectivity index (χ0v) is 9.26. The van der Waals surface area contributed by atoms with E-state index in [1.54, 1.807) is 7.11 Å². The van der Waals surface area contributed by atoms with Crippen LogP contribution in [-0.2, 0) is 4.74 Å². The Morgan fingerprint density at radius 1 is 1.46 bits per heavy atom. The Morgan fingerprint density at radius 2 is 2.08 bits per heavy atom. The molecule has 3 nitrogen and oxygen atoms in total. The summed E-state index contributed by atoms with van der Waals surface area (Å²) in [5.41, 5.74) is -0.160. The van der Waals surface area contributed by atoms with Gasteiger partial charge >= 0.3 is 0 Å². The van der Waals surface area contributed by atoms with Crippen LogP contribution in [0.4, 0.5) is 0 Å². The van der Waals surface area contributed by atoms with Gasteiger partial charge in [-0.2, -0.15) is 0 Å². The van der Waals surface area contributed by atoms with E-state index < -0.39 is 0 Å². The van der Waals surface area contributed by atoms with Gasteiger partial charge in [0.25, 0.3) is 0 Å². The summed E-state index contributed by atoms with van der Waals surface area (Å²) in [6.07, 6.45) is 1.92.